The molecular weight excluding hydrogens is 298 g/mol. The van der Waals surface area contributed by atoms with Gasteiger partial charge in [-0.1, -0.05) is 11.6 Å². The summed E-state index contributed by atoms with van der Waals surface area (Å²) in [6.07, 6.45) is 4.30. The van der Waals surface area contributed by atoms with Crippen molar-refractivity contribution in [3.63, 3.8) is 0 Å². The quantitative estimate of drug-likeness (QED) is 0.674. The smallest absolute Gasteiger partial charge is 0.130 e. The zero-order valence-corrected chi connectivity index (χ0v) is 9.92. The number of halogens is 2. The Balaban J connectivity index is 2.28. The Morgan fingerprint density at radius 1 is 1.62 bits per heavy atom. The van der Waals surface area contributed by atoms with Crippen molar-refractivity contribution in [3.05, 3.63) is 26.5 Å². The Hall–Kier alpha value is 0.130. The first-order valence-corrected chi connectivity index (χ1v) is 5.70. The van der Waals surface area contributed by atoms with E-state index in [4.69, 9.17) is 17.3 Å². The van der Waals surface area contributed by atoms with Crippen LogP contribution in [0.4, 0.5) is 0 Å². The fourth-order valence-corrected chi connectivity index (χ4v) is 2.51. The maximum absolute atomic E-state index is 6.06. The molecule has 1 atom stereocenters. The van der Waals surface area contributed by atoms with E-state index in [1.807, 2.05) is 6.07 Å². The van der Waals surface area contributed by atoms with Crippen LogP contribution in [0.5, 0.6) is 0 Å². The van der Waals surface area contributed by atoms with Gasteiger partial charge < -0.3 is 5.73 Å². The molecule has 0 unspecified atom stereocenters. The maximum atomic E-state index is 6.06. The summed E-state index contributed by atoms with van der Waals surface area (Å²) in [6.45, 7) is 0. The summed E-state index contributed by atoms with van der Waals surface area (Å²) in [5.41, 5.74) is 7.20. The van der Waals surface area contributed by atoms with E-state index in [2.05, 4.69) is 27.6 Å². The van der Waals surface area contributed by atoms with Crippen LogP contribution in [0.15, 0.2) is 12.3 Å². The molecule has 4 heteroatoms. The summed E-state index contributed by atoms with van der Waals surface area (Å²) >= 11 is 8.02. The van der Waals surface area contributed by atoms with Gasteiger partial charge in [0.05, 0.1) is 0 Å². The lowest BCUT2D eigenvalue weighted by molar-refractivity contribution is 0.628. The fourth-order valence-electron chi connectivity index (χ4n) is 1.37. The molecule has 1 saturated carbocycles. The van der Waals surface area contributed by atoms with Crippen LogP contribution < -0.4 is 5.73 Å². The van der Waals surface area contributed by atoms with E-state index in [1.165, 1.54) is 12.8 Å². The van der Waals surface area contributed by atoms with E-state index < -0.39 is 0 Å². The molecule has 13 heavy (non-hydrogen) atoms. The summed E-state index contributed by atoms with van der Waals surface area (Å²) in [4.78, 5) is 4.05. The summed E-state index contributed by atoms with van der Waals surface area (Å²) in [6, 6.07) is 2.01. The molecule has 0 aromatic carbocycles. The van der Waals surface area contributed by atoms with Crippen molar-refractivity contribution in [2.24, 2.45) is 11.7 Å². The molecule has 0 spiro atoms. The van der Waals surface area contributed by atoms with Crippen LogP contribution in [0.1, 0.15) is 24.4 Å². The van der Waals surface area contributed by atoms with E-state index in [1.54, 1.807) is 6.20 Å². The minimum Gasteiger partial charge on any atom is -0.324 e. The zero-order chi connectivity index (χ0) is 9.42. The number of hydrogen-bond donors (Lipinski definition) is 1. The molecular formula is C9H10ClIN2. The minimum absolute atomic E-state index is 0.150. The van der Waals surface area contributed by atoms with Crippen LogP contribution >= 0.6 is 34.2 Å². The fraction of sp³-hybridized carbons (Fsp3) is 0.444. The highest BCUT2D eigenvalue weighted by Crippen LogP contribution is 2.40. The number of pyridine rings is 1. The molecule has 2 nitrogen and oxygen atoms in total. The second kappa shape index (κ2) is 3.71. The van der Waals surface area contributed by atoms with Crippen molar-refractivity contribution in [2.75, 3.05) is 0 Å². The maximum Gasteiger partial charge on any atom is 0.130 e. The van der Waals surface area contributed by atoms with Gasteiger partial charge in [-0.15, -0.1) is 0 Å². The van der Waals surface area contributed by atoms with E-state index in [9.17, 15) is 0 Å². The number of nitrogens with zero attached hydrogens (tertiary/aromatic N) is 1. The van der Waals surface area contributed by atoms with E-state index >= 15 is 0 Å². The van der Waals surface area contributed by atoms with Crippen LogP contribution in [-0.2, 0) is 0 Å². The van der Waals surface area contributed by atoms with Gasteiger partial charge in [0.1, 0.15) is 5.15 Å². The second-order valence-corrected chi connectivity index (χ2v) is 4.94. The molecule has 0 aliphatic heterocycles. The van der Waals surface area contributed by atoms with Gasteiger partial charge >= 0.3 is 0 Å². The molecule has 0 bridgehead atoms. The van der Waals surface area contributed by atoms with Gasteiger partial charge in [-0.2, -0.15) is 0 Å². The van der Waals surface area contributed by atoms with Crippen LogP contribution in [-0.4, -0.2) is 4.98 Å². The Bertz CT molecular complexity index is 325. The second-order valence-electron chi connectivity index (χ2n) is 3.39. The number of nitrogens with two attached hydrogens (primary N) is 1. The standard InChI is InChI=1S/C9H10ClIN2/c10-8-3-7(11)6(4-13-8)9(12)5-1-2-5/h3-5,9H,1-2,12H2/t9-/m1/s1. The van der Waals surface area contributed by atoms with Crippen LogP contribution in [0.3, 0.4) is 0 Å². The first kappa shape index (κ1) is 9.68. The molecule has 1 aromatic rings. The average molecular weight is 309 g/mol. The van der Waals surface area contributed by atoms with Crippen LogP contribution in [0, 0.1) is 9.49 Å². The predicted octanol–water partition coefficient (Wildman–Crippen LogP) is 2.75. The molecule has 70 valence electrons. The van der Waals surface area contributed by atoms with Crippen molar-refractivity contribution >= 4 is 34.2 Å². The van der Waals surface area contributed by atoms with Crippen molar-refractivity contribution < 1.29 is 0 Å². The third-order valence-corrected chi connectivity index (χ3v) is 3.48. The Labute approximate surface area is 96.0 Å². The predicted molar refractivity (Wildman–Crippen MR) is 61.6 cm³/mol. The third kappa shape index (κ3) is 2.14. The van der Waals surface area contributed by atoms with Gasteiger partial charge in [0.15, 0.2) is 0 Å². The molecule has 2 rings (SSSR count). The molecule has 0 saturated heterocycles. The van der Waals surface area contributed by atoms with Crippen molar-refractivity contribution in [2.45, 2.75) is 18.9 Å². The highest BCUT2D eigenvalue weighted by atomic mass is 127. The monoisotopic (exact) mass is 308 g/mol. The van der Waals surface area contributed by atoms with Crippen LogP contribution in [0.2, 0.25) is 5.15 Å². The zero-order valence-electron chi connectivity index (χ0n) is 7.00. The third-order valence-electron chi connectivity index (χ3n) is 2.34. The molecule has 0 amide bonds. The molecule has 2 N–H and O–H groups in total. The molecule has 0 radical (unpaired) electrons. The molecule has 1 aromatic heterocycles. The van der Waals surface area contributed by atoms with Gasteiger partial charge in [-0.3, -0.25) is 0 Å². The summed E-state index contributed by atoms with van der Waals surface area (Å²) in [5.74, 6) is 0.663. The molecule has 1 aliphatic carbocycles. The Kier molecular flexibility index (Phi) is 2.76. The first-order valence-electron chi connectivity index (χ1n) is 4.25. The van der Waals surface area contributed by atoms with E-state index in [-0.39, 0.29) is 6.04 Å². The molecule has 1 fully saturated rings. The van der Waals surface area contributed by atoms with Crippen molar-refractivity contribution in [3.8, 4) is 0 Å². The SMILES string of the molecule is N[C@@H](c1cnc(Cl)cc1I)C1CC1. The Morgan fingerprint density at radius 2 is 2.31 bits per heavy atom. The van der Waals surface area contributed by atoms with Gasteiger partial charge in [-0.25, -0.2) is 4.98 Å². The lowest BCUT2D eigenvalue weighted by Gasteiger charge is -2.11. The Morgan fingerprint density at radius 3 is 2.85 bits per heavy atom. The highest BCUT2D eigenvalue weighted by Gasteiger charge is 2.30. The minimum atomic E-state index is 0.150. The largest absolute Gasteiger partial charge is 0.324 e. The number of hydrogen-bond acceptors (Lipinski definition) is 2. The highest BCUT2D eigenvalue weighted by molar-refractivity contribution is 14.1. The lowest BCUT2D eigenvalue weighted by Crippen LogP contribution is -2.14. The number of rotatable bonds is 2. The summed E-state index contributed by atoms with van der Waals surface area (Å²) in [5, 5.41) is 0.538. The van der Waals surface area contributed by atoms with Gasteiger partial charge in [0.25, 0.3) is 0 Å². The van der Waals surface area contributed by atoms with E-state index in [0.29, 0.717) is 11.1 Å². The van der Waals surface area contributed by atoms with Gasteiger partial charge in [0.2, 0.25) is 0 Å². The average Bonchev–Trinajstić information content (AvgIpc) is 2.85. The first-order chi connectivity index (χ1) is 6.18. The summed E-state index contributed by atoms with van der Waals surface area (Å²) < 4.78 is 1.12. The molecule has 1 heterocycles. The van der Waals surface area contributed by atoms with Gasteiger partial charge in [0, 0.05) is 21.4 Å². The van der Waals surface area contributed by atoms with Crippen LogP contribution in [0.25, 0.3) is 0 Å². The number of aromatic nitrogens is 1. The lowest BCUT2D eigenvalue weighted by atomic mass is 10.1. The molecule has 1 aliphatic rings. The topological polar surface area (TPSA) is 38.9 Å². The van der Waals surface area contributed by atoms with E-state index in [0.717, 1.165) is 9.13 Å². The van der Waals surface area contributed by atoms with Crippen molar-refractivity contribution in [1.82, 2.24) is 4.98 Å². The normalized spacial score (nSPS) is 18.7. The van der Waals surface area contributed by atoms with Crippen molar-refractivity contribution in [1.29, 1.82) is 0 Å². The summed E-state index contributed by atoms with van der Waals surface area (Å²) in [7, 11) is 0. The van der Waals surface area contributed by atoms with Gasteiger partial charge in [-0.05, 0) is 47.4 Å².